The van der Waals surface area contributed by atoms with Crippen LogP contribution in [0.3, 0.4) is 0 Å². The summed E-state index contributed by atoms with van der Waals surface area (Å²) in [6.07, 6.45) is 8.07. The van der Waals surface area contributed by atoms with Crippen LogP contribution in [0, 0.1) is 0 Å². The maximum atomic E-state index is 13.1. The number of ether oxygens (including phenoxy) is 1. The molecule has 1 fully saturated rings. The van der Waals surface area contributed by atoms with Crippen LogP contribution < -0.4 is 10.1 Å². The second kappa shape index (κ2) is 7.36. The number of benzene rings is 1. The van der Waals surface area contributed by atoms with E-state index >= 15 is 0 Å². The molecule has 1 aliphatic rings. The zero-order valence-electron chi connectivity index (χ0n) is 16.9. The molecular formula is C21H16F2N8O2. The number of carbonyl (C=O) groups excluding carboxylic acids is 1. The average molecular weight is 450 g/mol. The second-order valence-electron chi connectivity index (χ2n) is 7.74. The molecule has 1 aromatic carbocycles. The van der Waals surface area contributed by atoms with Gasteiger partial charge >= 0.3 is 6.61 Å². The largest absolute Gasteiger partial charge is 0.434 e. The molecule has 0 radical (unpaired) electrons. The van der Waals surface area contributed by atoms with E-state index in [0.29, 0.717) is 39.5 Å². The summed E-state index contributed by atoms with van der Waals surface area (Å²) < 4.78 is 32.2. The Kier molecular flexibility index (Phi) is 4.31. The summed E-state index contributed by atoms with van der Waals surface area (Å²) in [7, 11) is 0. The maximum Gasteiger partial charge on any atom is 0.387 e. The number of amides is 1. The van der Waals surface area contributed by atoms with Gasteiger partial charge in [0.25, 0.3) is 5.91 Å². The van der Waals surface area contributed by atoms with Crippen LogP contribution >= 0.6 is 0 Å². The maximum absolute atomic E-state index is 13.1. The summed E-state index contributed by atoms with van der Waals surface area (Å²) in [6, 6.07) is 5.10. The van der Waals surface area contributed by atoms with E-state index in [-0.39, 0.29) is 11.3 Å². The minimum Gasteiger partial charge on any atom is -0.434 e. The lowest BCUT2D eigenvalue weighted by Crippen LogP contribution is -2.12. The van der Waals surface area contributed by atoms with Crippen LogP contribution in [-0.2, 0) is 0 Å². The first-order valence-electron chi connectivity index (χ1n) is 10.2. The minimum atomic E-state index is -2.99. The lowest BCUT2D eigenvalue weighted by Gasteiger charge is -2.13. The van der Waals surface area contributed by atoms with Crippen LogP contribution in [0.4, 0.5) is 14.5 Å². The molecule has 33 heavy (non-hydrogen) atoms. The summed E-state index contributed by atoms with van der Waals surface area (Å²) in [5.74, 6) is -0.0817. The number of fused-ring (bicyclic) bond motifs is 3. The number of H-pyrrole nitrogens is 2. The first-order valence-corrected chi connectivity index (χ1v) is 10.2. The smallest absolute Gasteiger partial charge is 0.387 e. The van der Waals surface area contributed by atoms with Crippen molar-refractivity contribution in [3.05, 3.63) is 54.1 Å². The zero-order valence-corrected chi connectivity index (χ0v) is 16.9. The number of halogens is 2. The predicted molar refractivity (Wildman–Crippen MR) is 113 cm³/mol. The zero-order chi connectivity index (χ0) is 22.5. The van der Waals surface area contributed by atoms with Gasteiger partial charge < -0.3 is 10.1 Å². The highest BCUT2D eigenvalue weighted by molar-refractivity contribution is 6.09. The first-order chi connectivity index (χ1) is 16.1. The highest BCUT2D eigenvalue weighted by Crippen LogP contribution is 2.44. The fourth-order valence-electron chi connectivity index (χ4n) is 3.87. The molecule has 3 N–H and O–H groups in total. The molecule has 5 aromatic rings. The molecule has 4 aromatic heterocycles. The highest BCUT2D eigenvalue weighted by Gasteiger charge is 2.26. The van der Waals surface area contributed by atoms with Crippen LogP contribution in [0.1, 0.15) is 34.7 Å². The Hall–Kier alpha value is -4.35. The number of hydrogen-bond acceptors (Lipinski definition) is 6. The van der Waals surface area contributed by atoms with Gasteiger partial charge in [-0.05, 0) is 36.5 Å². The van der Waals surface area contributed by atoms with Gasteiger partial charge in [-0.2, -0.15) is 24.1 Å². The van der Waals surface area contributed by atoms with Gasteiger partial charge in [0.1, 0.15) is 22.3 Å². The van der Waals surface area contributed by atoms with Gasteiger partial charge in [-0.15, -0.1) is 0 Å². The molecule has 1 saturated carbocycles. The molecule has 6 rings (SSSR count). The Morgan fingerprint density at radius 3 is 2.82 bits per heavy atom. The number of nitrogens with zero attached hydrogens (tertiary/aromatic N) is 5. The summed E-state index contributed by atoms with van der Waals surface area (Å²) in [6.45, 7) is -2.99. The molecule has 1 amide bonds. The molecule has 0 aliphatic heterocycles. The van der Waals surface area contributed by atoms with Crippen molar-refractivity contribution in [3.8, 4) is 17.0 Å². The van der Waals surface area contributed by atoms with E-state index in [2.05, 4.69) is 35.8 Å². The summed E-state index contributed by atoms with van der Waals surface area (Å²) in [5.41, 5.74) is 4.04. The Balaban J connectivity index is 1.36. The van der Waals surface area contributed by atoms with Gasteiger partial charge in [0, 0.05) is 5.56 Å². The quantitative estimate of drug-likeness (QED) is 0.362. The van der Waals surface area contributed by atoms with Gasteiger partial charge in [0.2, 0.25) is 0 Å². The van der Waals surface area contributed by atoms with Crippen LogP contribution in [0.2, 0.25) is 0 Å². The molecule has 12 heteroatoms. The topological polar surface area (TPSA) is 126 Å². The summed E-state index contributed by atoms with van der Waals surface area (Å²) in [4.78, 5) is 17.4. The number of aromatic amines is 2. The number of hydrogen-bond donors (Lipinski definition) is 3. The highest BCUT2D eigenvalue weighted by atomic mass is 19.3. The Bertz CT molecular complexity index is 1500. The number of alkyl halides is 2. The van der Waals surface area contributed by atoms with Crippen molar-refractivity contribution in [2.75, 3.05) is 5.32 Å². The van der Waals surface area contributed by atoms with E-state index in [1.54, 1.807) is 24.5 Å². The van der Waals surface area contributed by atoms with Crippen molar-refractivity contribution in [2.24, 2.45) is 0 Å². The fraction of sp³-hybridized carbons (Fsp3) is 0.190. The molecule has 0 saturated heterocycles. The van der Waals surface area contributed by atoms with Gasteiger partial charge in [-0.3, -0.25) is 15.0 Å². The third-order valence-electron chi connectivity index (χ3n) is 5.61. The molecule has 10 nitrogen and oxygen atoms in total. The van der Waals surface area contributed by atoms with E-state index in [1.807, 2.05) is 0 Å². The van der Waals surface area contributed by atoms with Crippen LogP contribution in [0.15, 0.2) is 43.0 Å². The number of rotatable bonds is 6. The van der Waals surface area contributed by atoms with Gasteiger partial charge in [-0.1, -0.05) is 6.07 Å². The van der Waals surface area contributed by atoms with Crippen LogP contribution in [-0.4, -0.2) is 47.5 Å². The molecule has 1 aliphatic carbocycles. The van der Waals surface area contributed by atoms with E-state index in [1.165, 1.54) is 23.0 Å². The van der Waals surface area contributed by atoms with Gasteiger partial charge in [-0.25, -0.2) is 9.50 Å². The van der Waals surface area contributed by atoms with Crippen molar-refractivity contribution in [1.82, 2.24) is 35.0 Å². The van der Waals surface area contributed by atoms with Gasteiger partial charge in [0.05, 0.1) is 36.2 Å². The number of nitrogens with one attached hydrogen (secondary N) is 3. The first kappa shape index (κ1) is 19.3. The summed E-state index contributed by atoms with van der Waals surface area (Å²) >= 11 is 0. The monoisotopic (exact) mass is 450 g/mol. The Labute approximate surface area is 184 Å². The molecule has 0 spiro atoms. The fourth-order valence-corrected chi connectivity index (χ4v) is 3.87. The van der Waals surface area contributed by atoms with Crippen LogP contribution in [0.25, 0.3) is 27.9 Å². The predicted octanol–water partition coefficient (Wildman–Crippen LogP) is 3.73. The lowest BCUT2D eigenvalue weighted by molar-refractivity contribution is -0.0494. The van der Waals surface area contributed by atoms with Crippen LogP contribution in [0.5, 0.6) is 5.75 Å². The van der Waals surface area contributed by atoms with Crippen molar-refractivity contribution in [1.29, 1.82) is 0 Å². The third kappa shape index (κ3) is 3.35. The Morgan fingerprint density at radius 1 is 1.15 bits per heavy atom. The molecular weight excluding hydrogens is 434 g/mol. The van der Waals surface area contributed by atoms with E-state index in [0.717, 1.165) is 18.4 Å². The SMILES string of the molecule is O=C(Nc1cn[nH]c1-c1cc(C2CC2)ccc1OC(F)F)c1cnn2c1ncc1[nH]ncc12. The average Bonchev–Trinajstić information content (AvgIpc) is 3.18. The van der Waals surface area contributed by atoms with Gasteiger partial charge in [0.15, 0.2) is 5.65 Å². The molecule has 4 heterocycles. The molecule has 166 valence electrons. The third-order valence-corrected chi connectivity index (χ3v) is 5.61. The van der Waals surface area contributed by atoms with E-state index < -0.39 is 12.5 Å². The van der Waals surface area contributed by atoms with Crippen molar-refractivity contribution in [2.45, 2.75) is 25.4 Å². The molecule has 0 unspecified atom stereocenters. The summed E-state index contributed by atoms with van der Waals surface area (Å²) in [5, 5.41) is 20.6. The minimum absolute atomic E-state index is 0.00542. The lowest BCUT2D eigenvalue weighted by atomic mass is 10.0. The van der Waals surface area contributed by atoms with Crippen molar-refractivity contribution < 1.29 is 18.3 Å². The number of anilines is 1. The second-order valence-corrected chi connectivity index (χ2v) is 7.74. The van der Waals surface area contributed by atoms with E-state index in [4.69, 9.17) is 4.74 Å². The van der Waals surface area contributed by atoms with Crippen molar-refractivity contribution >= 4 is 28.3 Å². The number of aromatic nitrogens is 7. The molecule has 0 bridgehead atoms. The van der Waals surface area contributed by atoms with Crippen molar-refractivity contribution in [3.63, 3.8) is 0 Å². The van der Waals surface area contributed by atoms with E-state index in [9.17, 15) is 13.6 Å². The number of carbonyl (C=O) groups is 1. The standard InChI is InChI=1S/C21H16F2N8O2/c22-21(23)33-17-4-3-11(10-1-2-10)5-12(17)18-15(8-25-30-18)28-20(32)13-6-27-31-16-9-26-29-14(16)7-24-19(13)31/h3-10,21H,1-2H2,(H,25,30)(H,26,29)(H,28,32). The normalized spacial score (nSPS) is 13.8. The Morgan fingerprint density at radius 2 is 2.00 bits per heavy atom. The molecule has 0 atom stereocenters.